The highest BCUT2D eigenvalue weighted by molar-refractivity contribution is 7.17. The number of carboxylic acid groups (broad SMARTS) is 1. The second-order valence-electron chi connectivity index (χ2n) is 11.3. The first kappa shape index (κ1) is 24.7. The molecule has 3 N–H and O–H groups in total. The van der Waals surface area contributed by atoms with Crippen molar-refractivity contribution in [3.8, 4) is 11.1 Å². The number of hydrazone groups is 1. The Kier molecular flexibility index (Phi) is 5.98. The van der Waals surface area contributed by atoms with Crippen LogP contribution in [0.4, 0.5) is 4.79 Å². The van der Waals surface area contributed by atoms with E-state index in [4.69, 9.17) is 14.8 Å². The molecule has 4 aliphatic heterocycles. The highest BCUT2D eigenvalue weighted by Gasteiger charge is 2.53. The van der Waals surface area contributed by atoms with E-state index in [1.807, 2.05) is 29.4 Å². The molecule has 2 bridgehead atoms. The monoisotopic (exact) mass is 547 g/mol. The Hall–Kier alpha value is -3.28. The lowest BCUT2D eigenvalue weighted by atomic mass is 9.94. The van der Waals surface area contributed by atoms with Gasteiger partial charge in [0.15, 0.2) is 0 Å². The zero-order valence-corrected chi connectivity index (χ0v) is 22.8. The van der Waals surface area contributed by atoms with Crippen molar-refractivity contribution in [2.45, 2.75) is 81.9 Å². The molecule has 4 unspecified atom stereocenters. The van der Waals surface area contributed by atoms with Crippen LogP contribution < -0.4 is 10.7 Å². The van der Waals surface area contributed by atoms with Gasteiger partial charge in [-0.15, -0.1) is 11.3 Å². The molecule has 7 rings (SSSR count). The van der Waals surface area contributed by atoms with Crippen LogP contribution in [0.2, 0.25) is 0 Å². The lowest BCUT2D eigenvalue weighted by Crippen LogP contribution is -2.69. The first-order valence-corrected chi connectivity index (χ1v) is 14.7. The molecule has 1 aromatic carbocycles. The molecule has 0 saturated carbocycles. The third-order valence-electron chi connectivity index (χ3n) is 8.65. The summed E-state index contributed by atoms with van der Waals surface area (Å²) in [7, 11) is 0. The molecule has 10 nitrogen and oxygen atoms in total. The van der Waals surface area contributed by atoms with E-state index in [1.165, 1.54) is 0 Å². The first-order valence-electron chi connectivity index (χ1n) is 13.8. The van der Waals surface area contributed by atoms with E-state index in [0.717, 1.165) is 90.6 Å². The number of ether oxygens (including phenoxy) is 1. The fraction of sp³-hybridized carbons (Fsp3) is 0.500. The van der Waals surface area contributed by atoms with Gasteiger partial charge in [0.05, 0.1) is 33.3 Å². The number of aromatic nitrogens is 3. The molecule has 3 aromatic rings. The predicted octanol–water partition coefficient (Wildman–Crippen LogP) is 5.05. The summed E-state index contributed by atoms with van der Waals surface area (Å²) >= 11 is 1.60. The number of fused-ring (bicyclic) bond motifs is 3. The van der Waals surface area contributed by atoms with Crippen LogP contribution in [0.25, 0.3) is 21.3 Å². The molecule has 11 heteroatoms. The zero-order chi connectivity index (χ0) is 26.6. The number of thiazole rings is 1. The zero-order valence-electron chi connectivity index (χ0n) is 22.0. The molecule has 204 valence electrons. The average Bonchev–Trinajstić information content (AvgIpc) is 3.67. The number of nitrogens with one attached hydrogen (secondary N) is 2. The van der Waals surface area contributed by atoms with Crippen LogP contribution in [-0.2, 0) is 4.74 Å². The van der Waals surface area contributed by atoms with Crippen molar-refractivity contribution in [3.63, 3.8) is 0 Å². The highest BCUT2D eigenvalue weighted by Crippen LogP contribution is 2.43. The fourth-order valence-electron chi connectivity index (χ4n) is 6.83. The van der Waals surface area contributed by atoms with Crippen LogP contribution >= 0.6 is 11.3 Å². The van der Waals surface area contributed by atoms with Crippen LogP contribution in [0.5, 0.6) is 0 Å². The maximum Gasteiger partial charge on any atom is 0.409 e. The molecular weight excluding hydrogens is 514 g/mol. The molecule has 3 saturated heterocycles. The molecule has 0 spiro atoms. The van der Waals surface area contributed by atoms with E-state index in [9.17, 15) is 9.90 Å². The van der Waals surface area contributed by atoms with Gasteiger partial charge in [-0.1, -0.05) is 12.1 Å². The van der Waals surface area contributed by atoms with E-state index < -0.39 is 17.4 Å². The third-order valence-corrected chi connectivity index (χ3v) is 9.51. The molecule has 4 aliphatic rings. The van der Waals surface area contributed by atoms with Crippen molar-refractivity contribution in [3.05, 3.63) is 47.8 Å². The SMILES string of the molecule is CC1(NC23CCCC(CC2)N3C(=O)O)C=CC(c2ccc(-c3cnn(C4CCCCO4)c3)c3ncsc23)=NN1. The van der Waals surface area contributed by atoms with Gasteiger partial charge in [-0.05, 0) is 70.4 Å². The lowest BCUT2D eigenvalue weighted by molar-refractivity contribution is -0.0394. The largest absolute Gasteiger partial charge is 0.465 e. The molecule has 4 atom stereocenters. The molecule has 0 aliphatic carbocycles. The van der Waals surface area contributed by atoms with Gasteiger partial charge in [0, 0.05) is 35.5 Å². The molecule has 2 aromatic heterocycles. The van der Waals surface area contributed by atoms with Gasteiger partial charge in [0.25, 0.3) is 0 Å². The number of carbonyl (C=O) groups is 1. The Bertz CT molecular complexity index is 1470. The van der Waals surface area contributed by atoms with Gasteiger partial charge in [-0.2, -0.15) is 10.2 Å². The number of nitrogens with zero attached hydrogens (tertiary/aromatic N) is 5. The van der Waals surface area contributed by atoms with Gasteiger partial charge >= 0.3 is 6.09 Å². The standard InChI is InChI=1S/C28H33N7O3S/c1-27(32-28-11-4-5-19(9-13-28)35(28)26(36)37)12-10-22(31-33-27)21-8-7-20(24-25(21)39-17-29-24)18-15-30-34(16-18)23-6-2-3-14-38-23/h7-8,10,12,15-17,19,23,32-33H,2-6,9,11,13-14H2,1H3,(H,36,37). The summed E-state index contributed by atoms with van der Waals surface area (Å²) in [6.45, 7) is 2.79. The summed E-state index contributed by atoms with van der Waals surface area (Å²) in [5, 5.41) is 22.9. The molecule has 0 radical (unpaired) electrons. The van der Waals surface area contributed by atoms with E-state index in [-0.39, 0.29) is 12.3 Å². The third kappa shape index (κ3) is 4.23. The number of piperidine rings is 1. The number of benzene rings is 1. The normalized spacial score (nSPS) is 30.4. The van der Waals surface area contributed by atoms with Gasteiger partial charge in [0.2, 0.25) is 0 Å². The van der Waals surface area contributed by atoms with Crippen molar-refractivity contribution in [1.82, 2.24) is 30.4 Å². The highest BCUT2D eigenvalue weighted by atomic mass is 32.1. The van der Waals surface area contributed by atoms with Crippen LogP contribution in [0, 0.1) is 0 Å². The van der Waals surface area contributed by atoms with E-state index in [0.29, 0.717) is 0 Å². The summed E-state index contributed by atoms with van der Waals surface area (Å²) in [5.74, 6) is 0. The smallest absolute Gasteiger partial charge is 0.409 e. The Morgan fingerprint density at radius 2 is 2.10 bits per heavy atom. The summed E-state index contributed by atoms with van der Waals surface area (Å²) in [4.78, 5) is 18.5. The Balaban J connectivity index is 1.13. The minimum Gasteiger partial charge on any atom is -0.465 e. The fourth-order valence-corrected chi connectivity index (χ4v) is 7.67. The van der Waals surface area contributed by atoms with Crippen LogP contribution in [0.15, 0.2) is 47.3 Å². The second kappa shape index (κ2) is 9.42. The lowest BCUT2D eigenvalue weighted by Gasteiger charge is -2.48. The number of rotatable bonds is 5. The number of hydrogen-bond acceptors (Lipinski definition) is 8. The van der Waals surface area contributed by atoms with Crippen molar-refractivity contribution >= 4 is 33.4 Å². The maximum atomic E-state index is 12.1. The Labute approximate surface area is 230 Å². The van der Waals surface area contributed by atoms with Crippen molar-refractivity contribution in [2.75, 3.05) is 6.61 Å². The summed E-state index contributed by atoms with van der Waals surface area (Å²) in [5.41, 5.74) is 8.77. The quantitative estimate of drug-likeness (QED) is 0.409. The van der Waals surface area contributed by atoms with E-state index in [1.54, 1.807) is 16.2 Å². The van der Waals surface area contributed by atoms with Crippen LogP contribution in [-0.4, -0.2) is 60.6 Å². The van der Waals surface area contributed by atoms with Crippen LogP contribution in [0.3, 0.4) is 0 Å². The summed E-state index contributed by atoms with van der Waals surface area (Å²) in [6, 6.07) is 4.28. The van der Waals surface area contributed by atoms with Crippen LogP contribution in [0.1, 0.15) is 70.1 Å². The molecule has 39 heavy (non-hydrogen) atoms. The van der Waals surface area contributed by atoms with E-state index in [2.05, 4.69) is 40.2 Å². The molecule has 3 fully saturated rings. The van der Waals surface area contributed by atoms with Gasteiger partial charge in [0.1, 0.15) is 11.9 Å². The molecule has 1 amide bonds. The van der Waals surface area contributed by atoms with E-state index >= 15 is 0 Å². The second-order valence-corrected chi connectivity index (χ2v) is 12.1. The summed E-state index contributed by atoms with van der Waals surface area (Å²) in [6.07, 6.45) is 14.9. The van der Waals surface area contributed by atoms with Gasteiger partial charge in [-0.25, -0.2) is 14.5 Å². The minimum absolute atomic E-state index is 0.000675. The predicted molar refractivity (Wildman–Crippen MR) is 150 cm³/mol. The maximum absolute atomic E-state index is 12.1. The van der Waals surface area contributed by atoms with Gasteiger partial charge < -0.3 is 9.84 Å². The van der Waals surface area contributed by atoms with Gasteiger partial charge in [-0.3, -0.25) is 15.6 Å². The van der Waals surface area contributed by atoms with Crippen molar-refractivity contribution < 1.29 is 14.6 Å². The molecule has 6 heterocycles. The summed E-state index contributed by atoms with van der Waals surface area (Å²) < 4.78 is 8.90. The Morgan fingerprint density at radius 1 is 1.21 bits per heavy atom. The number of amides is 1. The number of hydrogen-bond donors (Lipinski definition) is 3. The first-order chi connectivity index (χ1) is 18.9. The average molecular weight is 548 g/mol. The number of allylic oxidation sites excluding steroid dienone is 1. The minimum atomic E-state index is -0.846. The van der Waals surface area contributed by atoms with Crippen molar-refractivity contribution in [2.24, 2.45) is 5.10 Å². The molecular formula is C28H33N7O3S. The van der Waals surface area contributed by atoms with Crippen molar-refractivity contribution in [1.29, 1.82) is 0 Å². The Morgan fingerprint density at radius 3 is 2.90 bits per heavy atom. The topological polar surface area (TPSA) is 117 Å².